The fourth-order valence-corrected chi connectivity index (χ4v) is 2.02. The molecule has 0 amide bonds. The van der Waals surface area contributed by atoms with Gasteiger partial charge in [-0.15, -0.1) is 0 Å². The Morgan fingerprint density at radius 2 is 1.94 bits per heavy atom. The molecule has 1 fully saturated rings. The van der Waals surface area contributed by atoms with Crippen molar-refractivity contribution < 1.29 is 14.0 Å². The quantitative estimate of drug-likeness (QED) is 0.576. The lowest BCUT2D eigenvalue weighted by Crippen LogP contribution is -2.26. The summed E-state index contributed by atoms with van der Waals surface area (Å²) < 4.78 is 5.25. The van der Waals surface area contributed by atoms with E-state index in [1.165, 1.54) is 0 Å². The maximum Gasteiger partial charge on any atom is 0.168 e. The molecule has 1 saturated carbocycles. The summed E-state index contributed by atoms with van der Waals surface area (Å²) in [6.45, 7) is 0. The van der Waals surface area contributed by atoms with E-state index in [0.717, 1.165) is 5.76 Å². The van der Waals surface area contributed by atoms with Gasteiger partial charge in [0.15, 0.2) is 11.6 Å². The Labute approximate surface area is 99.9 Å². The number of rotatable bonds is 2. The Kier molecular flexibility index (Phi) is 3.13. The number of furan rings is 1. The van der Waals surface area contributed by atoms with Gasteiger partial charge < -0.3 is 9.32 Å². The summed E-state index contributed by atoms with van der Waals surface area (Å²) in [6, 6.07) is 3.58. The molecule has 90 valence electrons. The predicted molar refractivity (Wildman–Crippen MR) is 62.5 cm³/mol. The topological polar surface area (TPSA) is 50.5 Å². The lowest BCUT2D eigenvalue weighted by atomic mass is 9.83. The molecule has 1 aromatic heterocycles. The Bertz CT molecular complexity index is 437. The molecule has 1 aliphatic rings. The van der Waals surface area contributed by atoms with Crippen LogP contribution in [-0.2, 0) is 9.59 Å². The van der Waals surface area contributed by atoms with Crippen LogP contribution in [0, 0.1) is 0 Å². The van der Waals surface area contributed by atoms with Gasteiger partial charge in [0, 0.05) is 39.1 Å². The fourth-order valence-electron chi connectivity index (χ4n) is 2.02. The highest BCUT2D eigenvalue weighted by molar-refractivity contribution is 6.22. The van der Waals surface area contributed by atoms with E-state index >= 15 is 0 Å². The molecule has 0 bridgehead atoms. The van der Waals surface area contributed by atoms with Gasteiger partial charge in [-0.1, -0.05) is 0 Å². The van der Waals surface area contributed by atoms with Crippen LogP contribution in [0.5, 0.6) is 0 Å². The normalized spacial score (nSPS) is 20.6. The average molecular weight is 233 g/mol. The molecule has 0 aromatic carbocycles. The third-order valence-electron chi connectivity index (χ3n) is 2.80. The molecule has 17 heavy (non-hydrogen) atoms. The Balaban J connectivity index is 2.19. The van der Waals surface area contributed by atoms with Gasteiger partial charge in [0.25, 0.3) is 0 Å². The molecule has 1 heterocycles. The van der Waals surface area contributed by atoms with Crippen molar-refractivity contribution in [2.24, 2.45) is 0 Å². The van der Waals surface area contributed by atoms with Crippen molar-refractivity contribution in [1.82, 2.24) is 4.90 Å². The number of carbonyl (C=O) groups is 2. The second-order valence-corrected chi connectivity index (χ2v) is 4.47. The summed E-state index contributed by atoms with van der Waals surface area (Å²) in [4.78, 5) is 25.5. The van der Waals surface area contributed by atoms with E-state index < -0.39 is 0 Å². The van der Waals surface area contributed by atoms with Crippen LogP contribution in [0.2, 0.25) is 0 Å². The first-order valence-electron chi connectivity index (χ1n) is 5.56. The van der Waals surface area contributed by atoms with Crippen LogP contribution < -0.4 is 0 Å². The van der Waals surface area contributed by atoms with Crippen molar-refractivity contribution in [2.75, 3.05) is 14.1 Å². The molecule has 0 spiro atoms. The van der Waals surface area contributed by atoms with Crippen LogP contribution in [0.15, 0.2) is 34.6 Å². The second kappa shape index (κ2) is 4.57. The van der Waals surface area contributed by atoms with Crippen molar-refractivity contribution in [2.45, 2.75) is 18.8 Å². The summed E-state index contributed by atoms with van der Waals surface area (Å²) in [5.74, 6) is 0.410. The minimum absolute atomic E-state index is 0.101. The van der Waals surface area contributed by atoms with Crippen LogP contribution in [0.25, 0.3) is 0 Å². The van der Waals surface area contributed by atoms with Crippen molar-refractivity contribution in [3.05, 3.63) is 35.9 Å². The van der Waals surface area contributed by atoms with E-state index in [-0.39, 0.29) is 17.5 Å². The monoisotopic (exact) mass is 233 g/mol. The highest BCUT2D eigenvalue weighted by Gasteiger charge is 2.32. The molecule has 0 atom stereocenters. The highest BCUT2D eigenvalue weighted by Crippen LogP contribution is 2.31. The van der Waals surface area contributed by atoms with Gasteiger partial charge in [-0.25, -0.2) is 0 Å². The Hall–Kier alpha value is -1.84. The lowest BCUT2D eigenvalue weighted by Gasteiger charge is -2.21. The van der Waals surface area contributed by atoms with Gasteiger partial charge in [0.2, 0.25) is 0 Å². The lowest BCUT2D eigenvalue weighted by molar-refractivity contribution is -0.124. The number of nitrogens with zero attached hydrogens (tertiary/aromatic N) is 1. The smallest absolute Gasteiger partial charge is 0.168 e. The molecule has 1 aliphatic carbocycles. The number of hydrogen-bond acceptors (Lipinski definition) is 4. The molecule has 1 aromatic rings. The van der Waals surface area contributed by atoms with E-state index in [1.54, 1.807) is 37.5 Å². The molecule has 4 nitrogen and oxygen atoms in total. The van der Waals surface area contributed by atoms with Crippen LogP contribution >= 0.6 is 0 Å². The van der Waals surface area contributed by atoms with Crippen molar-refractivity contribution in [3.63, 3.8) is 0 Å². The minimum Gasteiger partial charge on any atom is -0.469 e. The molecular formula is C13H15NO3. The fraction of sp³-hybridized carbons (Fsp3) is 0.385. The third-order valence-corrected chi connectivity index (χ3v) is 2.80. The summed E-state index contributed by atoms with van der Waals surface area (Å²) in [5, 5.41) is 0. The standard InChI is InChI=1S/C13H15NO3/c1-14(2)8-10-11(15)6-9(7-12(10)16)13-4-3-5-17-13/h3-5,8-9H,6-7H2,1-2H3. The number of Topliss-reactive ketones (excluding diaryl/α,β-unsaturated/α-hetero) is 2. The molecular weight excluding hydrogens is 218 g/mol. The number of carbonyl (C=O) groups excluding carboxylic acids is 2. The zero-order valence-electron chi connectivity index (χ0n) is 9.97. The first-order valence-corrected chi connectivity index (χ1v) is 5.56. The maximum absolute atomic E-state index is 11.9. The Morgan fingerprint density at radius 3 is 2.41 bits per heavy atom. The zero-order chi connectivity index (χ0) is 12.4. The number of allylic oxidation sites excluding steroid dienone is 1. The van der Waals surface area contributed by atoms with Gasteiger partial charge in [0.05, 0.1) is 11.8 Å². The molecule has 0 saturated heterocycles. The van der Waals surface area contributed by atoms with Gasteiger partial charge in [-0.3, -0.25) is 9.59 Å². The number of ketones is 2. The molecule has 0 N–H and O–H groups in total. The van der Waals surface area contributed by atoms with Gasteiger partial charge in [-0.05, 0) is 12.1 Å². The first kappa shape index (κ1) is 11.6. The van der Waals surface area contributed by atoms with E-state index in [0.29, 0.717) is 18.4 Å². The molecule has 0 aliphatic heterocycles. The van der Waals surface area contributed by atoms with Gasteiger partial charge >= 0.3 is 0 Å². The molecule has 0 unspecified atom stereocenters. The van der Waals surface area contributed by atoms with Crippen LogP contribution in [0.3, 0.4) is 0 Å². The molecule has 0 radical (unpaired) electrons. The van der Waals surface area contributed by atoms with Crippen LogP contribution in [0.4, 0.5) is 0 Å². The highest BCUT2D eigenvalue weighted by atomic mass is 16.3. The van der Waals surface area contributed by atoms with Gasteiger partial charge in [0.1, 0.15) is 5.76 Å². The Morgan fingerprint density at radius 1 is 1.29 bits per heavy atom. The SMILES string of the molecule is CN(C)C=C1C(=O)CC(c2ccco2)CC1=O. The van der Waals surface area contributed by atoms with Crippen molar-refractivity contribution in [1.29, 1.82) is 0 Å². The second-order valence-electron chi connectivity index (χ2n) is 4.47. The average Bonchev–Trinajstić information content (AvgIpc) is 2.76. The zero-order valence-corrected chi connectivity index (χ0v) is 9.97. The van der Waals surface area contributed by atoms with Crippen LogP contribution in [0.1, 0.15) is 24.5 Å². The van der Waals surface area contributed by atoms with E-state index in [9.17, 15) is 9.59 Å². The predicted octanol–water partition coefficient (Wildman–Crippen LogP) is 1.74. The van der Waals surface area contributed by atoms with Crippen LogP contribution in [-0.4, -0.2) is 30.6 Å². The van der Waals surface area contributed by atoms with E-state index in [2.05, 4.69) is 0 Å². The van der Waals surface area contributed by atoms with E-state index in [4.69, 9.17) is 4.42 Å². The molecule has 4 heteroatoms. The van der Waals surface area contributed by atoms with Crippen molar-refractivity contribution in [3.8, 4) is 0 Å². The van der Waals surface area contributed by atoms with E-state index in [1.807, 2.05) is 6.07 Å². The molecule has 2 rings (SSSR count). The maximum atomic E-state index is 11.9. The summed E-state index contributed by atoms with van der Waals surface area (Å²) in [7, 11) is 3.60. The minimum atomic E-state index is -0.107. The van der Waals surface area contributed by atoms with Gasteiger partial charge in [-0.2, -0.15) is 0 Å². The van der Waals surface area contributed by atoms with Crippen molar-refractivity contribution >= 4 is 11.6 Å². The third kappa shape index (κ3) is 2.46. The first-order chi connectivity index (χ1) is 8.08. The summed E-state index contributed by atoms with van der Waals surface area (Å²) >= 11 is 0. The summed E-state index contributed by atoms with van der Waals surface area (Å²) in [5.41, 5.74) is 0.304. The number of hydrogen-bond donors (Lipinski definition) is 0. The summed E-state index contributed by atoms with van der Waals surface area (Å²) in [6.07, 6.45) is 3.86. The largest absolute Gasteiger partial charge is 0.469 e.